The largest absolute Gasteiger partial charge is 0.493 e. The van der Waals surface area contributed by atoms with Crippen LogP contribution in [0.3, 0.4) is 0 Å². The van der Waals surface area contributed by atoms with Crippen LogP contribution < -0.4 is 16.0 Å². The van der Waals surface area contributed by atoms with Crippen LogP contribution in [-0.4, -0.2) is 12.6 Å². The van der Waals surface area contributed by atoms with Crippen molar-refractivity contribution in [2.45, 2.75) is 31.7 Å². The van der Waals surface area contributed by atoms with Gasteiger partial charge in [0.1, 0.15) is 11.5 Å². The van der Waals surface area contributed by atoms with Gasteiger partial charge in [-0.2, -0.15) is 0 Å². The Bertz CT molecular complexity index is 599. The lowest BCUT2D eigenvalue weighted by Crippen LogP contribution is -2.37. The van der Waals surface area contributed by atoms with E-state index in [9.17, 15) is 0 Å². The molecule has 0 fully saturated rings. The molecule has 1 atom stereocenters. The van der Waals surface area contributed by atoms with E-state index in [1.807, 2.05) is 12.1 Å². The fourth-order valence-electron chi connectivity index (χ4n) is 2.78. The Balaban J connectivity index is 1.69. The van der Waals surface area contributed by atoms with Crippen LogP contribution in [0.5, 0.6) is 5.75 Å². The maximum atomic E-state index is 5.77. The molecule has 1 aromatic carbocycles. The van der Waals surface area contributed by atoms with E-state index in [2.05, 4.69) is 33.5 Å². The second kappa shape index (κ2) is 6.64. The first kappa shape index (κ1) is 14.6. The summed E-state index contributed by atoms with van der Waals surface area (Å²) in [5.74, 6) is 7.74. The predicted molar refractivity (Wildman–Crippen MR) is 85.2 cm³/mol. The Morgan fingerprint density at radius 2 is 2.29 bits per heavy atom. The number of benzene rings is 1. The quantitative estimate of drug-likeness (QED) is 0.621. The number of nitrogens with one attached hydrogen (secondary N) is 1. The average molecular weight is 351 g/mol. The molecule has 1 aliphatic rings. The smallest absolute Gasteiger partial charge is 0.125 e. The number of hydrogen-bond donors (Lipinski definition) is 2. The standard InChI is InChI=1S/C16H19BrN2O2/c17-13-8-11-5-7-21-16(11)12(9-13)10-14(19-18)3-4-15-2-1-6-20-15/h1-2,6,8-9,14,19H,3-5,7,10,18H2. The van der Waals surface area contributed by atoms with E-state index in [1.165, 1.54) is 11.1 Å². The van der Waals surface area contributed by atoms with Gasteiger partial charge >= 0.3 is 0 Å². The van der Waals surface area contributed by atoms with Crippen molar-refractivity contribution in [3.8, 4) is 5.75 Å². The Morgan fingerprint density at radius 3 is 3.05 bits per heavy atom. The molecule has 21 heavy (non-hydrogen) atoms. The molecule has 3 N–H and O–H groups in total. The molecule has 0 bridgehead atoms. The normalized spacial score (nSPS) is 14.8. The molecule has 1 aliphatic heterocycles. The summed E-state index contributed by atoms with van der Waals surface area (Å²) in [6, 6.07) is 8.36. The molecule has 4 nitrogen and oxygen atoms in total. The first-order valence-electron chi connectivity index (χ1n) is 7.19. The summed E-state index contributed by atoms with van der Waals surface area (Å²) in [6.45, 7) is 0.770. The second-order valence-electron chi connectivity index (χ2n) is 5.34. The maximum Gasteiger partial charge on any atom is 0.125 e. The van der Waals surface area contributed by atoms with E-state index in [-0.39, 0.29) is 6.04 Å². The molecular formula is C16H19BrN2O2. The monoisotopic (exact) mass is 350 g/mol. The number of nitrogens with two attached hydrogens (primary N) is 1. The van der Waals surface area contributed by atoms with Gasteiger partial charge in [0.25, 0.3) is 0 Å². The lowest BCUT2D eigenvalue weighted by Gasteiger charge is -2.17. The molecule has 1 aromatic heterocycles. The molecule has 5 heteroatoms. The number of hydrogen-bond acceptors (Lipinski definition) is 4. The summed E-state index contributed by atoms with van der Waals surface area (Å²) in [4.78, 5) is 0. The first-order chi connectivity index (χ1) is 10.3. The molecule has 0 radical (unpaired) electrons. The van der Waals surface area contributed by atoms with Crippen LogP contribution in [0.1, 0.15) is 23.3 Å². The minimum absolute atomic E-state index is 0.192. The van der Waals surface area contributed by atoms with E-state index in [4.69, 9.17) is 15.0 Å². The highest BCUT2D eigenvalue weighted by molar-refractivity contribution is 9.10. The van der Waals surface area contributed by atoms with E-state index in [0.29, 0.717) is 0 Å². The fraction of sp³-hybridized carbons (Fsp3) is 0.375. The molecule has 0 amide bonds. The highest BCUT2D eigenvalue weighted by atomic mass is 79.9. The zero-order valence-corrected chi connectivity index (χ0v) is 13.4. The summed E-state index contributed by atoms with van der Waals surface area (Å²) in [5.41, 5.74) is 5.40. The summed E-state index contributed by atoms with van der Waals surface area (Å²) in [5, 5.41) is 0. The number of rotatable bonds is 6. The molecule has 0 saturated carbocycles. The zero-order valence-electron chi connectivity index (χ0n) is 11.8. The van der Waals surface area contributed by atoms with Gasteiger partial charge in [-0.15, -0.1) is 0 Å². The molecule has 1 unspecified atom stereocenters. The molecule has 2 heterocycles. The molecule has 2 aromatic rings. The summed E-state index contributed by atoms with van der Waals surface area (Å²) in [7, 11) is 0. The number of ether oxygens (including phenoxy) is 1. The summed E-state index contributed by atoms with van der Waals surface area (Å²) >= 11 is 3.58. The molecule has 0 aliphatic carbocycles. The first-order valence-corrected chi connectivity index (χ1v) is 7.98. The Hall–Kier alpha value is -1.30. The molecule has 112 valence electrons. The van der Waals surface area contributed by atoms with Gasteiger partial charge in [-0.25, -0.2) is 0 Å². The third kappa shape index (κ3) is 3.48. The van der Waals surface area contributed by atoms with Crippen LogP contribution in [0.2, 0.25) is 0 Å². The Morgan fingerprint density at radius 1 is 1.38 bits per heavy atom. The SMILES string of the molecule is NNC(CCc1ccco1)Cc1cc(Br)cc2c1OCC2. The number of halogens is 1. The van der Waals surface area contributed by atoms with Crippen molar-refractivity contribution in [2.24, 2.45) is 5.84 Å². The van der Waals surface area contributed by atoms with E-state index >= 15 is 0 Å². The topological polar surface area (TPSA) is 60.4 Å². The van der Waals surface area contributed by atoms with Crippen molar-refractivity contribution in [1.82, 2.24) is 5.43 Å². The van der Waals surface area contributed by atoms with Crippen LogP contribution in [0, 0.1) is 0 Å². The molecule has 0 saturated heterocycles. The van der Waals surface area contributed by atoms with Crippen LogP contribution in [-0.2, 0) is 19.3 Å². The van der Waals surface area contributed by atoms with Gasteiger partial charge in [-0.1, -0.05) is 15.9 Å². The van der Waals surface area contributed by atoms with Crippen LogP contribution >= 0.6 is 15.9 Å². The fourth-order valence-corrected chi connectivity index (χ4v) is 3.33. The van der Waals surface area contributed by atoms with Gasteiger partial charge in [0, 0.05) is 23.4 Å². The Kier molecular flexibility index (Phi) is 4.63. The van der Waals surface area contributed by atoms with Crippen molar-refractivity contribution in [2.75, 3.05) is 6.61 Å². The van der Waals surface area contributed by atoms with Crippen molar-refractivity contribution < 1.29 is 9.15 Å². The molecule has 0 spiro atoms. The number of furan rings is 1. The van der Waals surface area contributed by atoms with Crippen molar-refractivity contribution in [3.63, 3.8) is 0 Å². The Labute approximate surface area is 132 Å². The summed E-state index contributed by atoms with van der Waals surface area (Å²) in [6.07, 6.45) is 5.33. The van der Waals surface area contributed by atoms with Gasteiger partial charge in [0.15, 0.2) is 0 Å². The van der Waals surface area contributed by atoms with Gasteiger partial charge in [0.05, 0.1) is 12.9 Å². The number of aryl methyl sites for hydroxylation is 1. The number of fused-ring (bicyclic) bond motifs is 1. The van der Waals surface area contributed by atoms with Gasteiger partial charge < -0.3 is 9.15 Å². The minimum atomic E-state index is 0.192. The van der Waals surface area contributed by atoms with Gasteiger partial charge in [-0.3, -0.25) is 11.3 Å². The zero-order chi connectivity index (χ0) is 14.7. The van der Waals surface area contributed by atoms with E-state index in [0.717, 1.165) is 48.3 Å². The van der Waals surface area contributed by atoms with E-state index in [1.54, 1.807) is 6.26 Å². The maximum absolute atomic E-state index is 5.77. The molecule has 3 rings (SSSR count). The minimum Gasteiger partial charge on any atom is -0.493 e. The van der Waals surface area contributed by atoms with Crippen LogP contribution in [0.4, 0.5) is 0 Å². The lowest BCUT2D eigenvalue weighted by molar-refractivity contribution is 0.350. The predicted octanol–water partition coefficient (Wildman–Crippen LogP) is 2.98. The van der Waals surface area contributed by atoms with Crippen LogP contribution in [0.15, 0.2) is 39.4 Å². The van der Waals surface area contributed by atoms with Gasteiger partial charge in [0.2, 0.25) is 0 Å². The highest BCUT2D eigenvalue weighted by Crippen LogP contribution is 2.33. The van der Waals surface area contributed by atoms with E-state index < -0.39 is 0 Å². The third-order valence-corrected chi connectivity index (χ3v) is 4.30. The second-order valence-corrected chi connectivity index (χ2v) is 6.25. The van der Waals surface area contributed by atoms with Crippen molar-refractivity contribution in [1.29, 1.82) is 0 Å². The third-order valence-electron chi connectivity index (χ3n) is 3.85. The lowest BCUT2D eigenvalue weighted by atomic mass is 9.99. The highest BCUT2D eigenvalue weighted by Gasteiger charge is 2.20. The van der Waals surface area contributed by atoms with Crippen LogP contribution in [0.25, 0.3) is 0 Å². The summed E-state index contributed by atoms with van der Waals surface area (Å²) < 4.78 is 12.2. The average Bonchev–Trinajstić information content (AvgIpc) is 3.13. The van der Waals surface area contributed by atoms with Gasteiger partial charge in [-0.05, 0) is 48.2 Å². The van der Waals surface area contributed by atoms with Crippen molar-refractivity contribution in [3.05, 3.63) is 51.9 Å². The molecular weight excluding hydrogens is 332 g/mol. The number of hydrazine groups is 1. The van der Waals surface area contributed by atoms with Crippen molar-refractivity contribution >= 4 is 15.9 Å².